The summed E-state index contributed by atoms with van der Waals surface area (Å²) in [6.45, 7) is 5.46. The average Bonchev–Trinajstić information content (AvgIpc) is 1.68. The van der Waals surface area contributed by atoms with Crippen molar-refractivity contribution < 1.29 is 5.11 Å². The maximum Gasteiger partial charge on any atom is 0.0882 e. The van der Waals surface area contributed by atoms with Crippen LogP contribution < -0.4 is 0 Å². The molecule has 0 aromatic rings. The Morgan fingerprint density at radius 1 is 1.86 bits per heavy atom. The summed E-state index contributed by atoms with van der Waals surface area (Å²) in [7, 11) is 0. The van der Waals surface area contributed by atoms with Crippen molar-refractivity contribution in [1.29, 1.82) is 0 Å². The van der Waals surface area contributed by atoms with Gasteiger partial charge in [-0.2, -0.15) is 0 Å². The van der Waals surface area contributed by atoms with Crippen LogP contribution in [0.5, 0.6) is 0 Å². The van der Waals surface area contributed by atoms with Crippen molar-refractivity contribution >= 4 is 0 Å². The fraction of sp³-hybridized carbons (Fsp3) is 0.500. The van der Waals surface area contributed by atoms with Crippen molar-refractivity contribution in [3.63, 3.8) is 0 Å². The first-order valence-electron chi connectivity index (χ1n) is 2.48. The van der Waals surface area contributed by atoms with E-state index in [9.17, 15) is 0 Å². The summed E-state index contributed by atoms with van der Waals surface area (Å²) in [6, 6.07) is 0. The zero-order valence-corrected chi connectivity index (χ0v) is 4.65. The molecule has 0 saturated carbocycles. The molecule has 0 saturated heterocycles. The number of allylic oxidation sites excluding steroid dienone is 2. The van der Waals surface area contributed by atoms with Gasteiger partial charge in [-0.05, 0) is 19.4 Å². The van der Waals surface area contributed by atoms with Crippen LogP contribution in [0.4, 0.5) is 0 Å². The number of aliphatic hydroxyl groups is 1. The summed E-state index contributed by atoms with van der Waals surface area (Å²) in [5, 5.41) is 8.66. The molecule has 7 heavy (non-hydrogen) atoms. The highest BCUT2D eigenvalue weighted by Crippen LogP contribution is 1.93. The molecule has 0 spiro atoms. The van der Waals surface area contributed by atoms with E-state index in [1.165, 1.54) is 0 Å². The van der Waals surface area contributed by atoms with Crippen LogP contribution in [0.25, 0.3) is 0 Å². The van der Waals surface area contributed by atoms with Gasteiger partial charge in [0.2, 0.25) is 0 Å². The number of aliphatic hydroxyl groups excluding tert-OH is 1. The summed E-state index contributed by atoms with van der Waals surface area (Å²) in [6.07, 6.45) is 3.15. The largest absolute Gasteiger partial charge is 0.513 e. The summed E-state index contributed by atoms with van der Waals surface area (Å²) in [5.41, 5.74) is 0. The van der Waals surface area contributed by atoms with Gasteiger partial charge in [0.05, 0.1) is 5.76 Å². The third-order valence-electron chi connectivity index (χ3n) is 0.696. The molecule has 0 unspecified atom stereocenters. The second kappa shape index (κ2) is 3.72. The van der Waals surface area contributed by atoms with Crippen molar-refractivity contribution in [3.05, 3.63) is 18.8 Å². The third kappa shape index (κ3) is 3.37. The fourth-order valence-corrected chi connectivity index (χ4v) is 0.338. The van der Waals surface area contributed by atoms with E-state index in [4.69, 9.17) is 5.11 Å². The van der Waals surface area contributed by atoms with E-state index in [2.05, 4.69) is 6.92 Å². The van der Waals surface area contributed by atoms with Gasteiger partial charge in [-0.15, -0.1) is 0 Å². The molecule has 0 aliphatic carbocycles. The molecule has 0 aliphatic heterocycles. The predicted molar refractivity (Wildman–Crippen MR) is 31.0 cm³/mol. The van der Waals surface area contributed by atoms with Gasteiger partial charge in [-0.1, -0.05) is 6.92 Å². The zero-order valence-electron chi connectivity index (χ0n) is 4.65. The second-order valence-electron chi connectivity index (χ2n) is 1.35. The van der Waals surface area contributed by atoms with Crippen molar-refractivity contribution in [2.45, 2.75) is 19.8 Å². The highest BCUT2D eigenvalue weighted by atomic mass is 16.3. The van der Waals surface area contributed by atoms with Crippen LogP contribution in [0.15, 0.2) is 11.8 Å². The lowest BCUT2D eigenvalue weighted by Gasteiger charge is -1.87. The highest BCUT2D eigenvalue weighted by Gasteiger charge is 1.80. The molecule has 1 nitrogen and oxygen atoms in total. The molecule has 0 rings (SSSR count). The zero-order chi connectivity index (χ0) is 5.70. The Morgan fingerprint density at radius 2 is 2.43 bits per heavy atom. The van der Waals surface area contributed by atoms with Crippen molar-refractivity contribution in [2.24, 2.45) is 0 Å². The third-order valence-corrected chi connectivity index (χ3v) is 0.696. The lowest BCUT2D eigenvalue weighted by atomic mass is 10.3. The Labute approximate surface area is 44.7 Å². The van der Waals surface area contributed by atoms with E-state index in [1.807, 2.05) is 6.92 Å². The van der Waals surface area contributed by atoms with E-state index in [-0.39, 0.29) is 0 Å². The Balaban J connectivity index is 3.29. The van der Waals surface area contributed by atoms with E-state index in [0.717, 1.165) is 6.42 Å². The molecule has 0 atom stereocenters. The van der Waals surface area contributed by atoms with Gasteiger partial charge < -0.3 is 5.11 Å². The molecule has 0 bridgehead atoms. The molecule has 0 aromatic carbocycles. The van der Waals surface area contributed by atoms with Gasteiger partial charge in [0.15, 0.2) is 0 Å². The second-order valence-corrected chi connectivity index (χ2v) is 1.35. The highest BCUT2D eigenvalue weighted by molar-refractivity contribution is 4.90. The van der Waals surface area contributed by atoms with Gasteiger partial charge in [0.25, 0.3) is 0 Å². The summed E-state index contributed by atoms with van der Waals surface area (Å²) in [4.78, 5) is 0. The van der Waals surface area contributed by atoms with Crippen LogP contribution in [-0.4, -0.2) is 5.11 Å². The molecule has 0 aliphatic rings. The standard InChI is InChI=1S/C6H11O/c1-3-5-6(7)4-2/h5,7H,2-4H2,1H3. The Kier molecular flexibility index (Phi) is 3.48. The minimum atomic E-state index is 0.391. The molecule has 41 valence electrons. The SMILES string of the molecule is [CH2]CC(O)=CCC. The first kappa shape index (κ1) is 6.54. The van der Waals surface area contributed by atoms with E-state index >= 15 is 0 Å². The molecule has 1 N–H and O–H groups in total. The van der Waals surface area contributed by atoms with Crippen molar-refractivity contribution in [1.82, 2.24) is 0 Å². The molecule has 0 fully saturated rings. The Morgan fingerprint density at radius 3 is 2.57 bits per heavy atom. The average molecular weight is 99.2 g/mol. The van der Waals surface area contributed by atoms with Crippen LogP contribution in [0, 0.1) is 6.92 Å². The van der Waals surface area contributed by atoms with E-state index in [1.54, 1.807) is 6.08 Å². The lowest BCUT2D eigenvalue weighted by Crippen LogP contribution is -1.73. The fourth-order valence-electron chi connectivity index (χ4n) is 0.338. The topological polar surface area (TPSA) is 20.2 Å². The van der Waals surface area contributed by atoms with Crippen LogP contribution >= 0.6 is 0 Å². The van der Waals surface area contributed by atoms with Crippen LogP contribution in [0.1, 0.15) is 19.8 Å². The molecular weight excluding hydrogens is 88.1 g/mol. The van der Waals surface area contributed by atoms with Crippen LogP contribution in [-0.2, 0) is 0 Å². The molecule has 0 amide bonds. The van der Waals surface area contributed by atoms with Crippen LogP contribution in [0.3, 0.4) is 0 Å². The first-order chi connectivity index (χ1) is 3.31. The Bertz CT molecular complexity index is 64.6. The number of hydrogen-bond donors (Lipinski definition) is 1. The van der Waals surface area contributed by atoms with E-state index < -0.39 is 0 Å². The normalized spacial score (nSPS) is 12.0. The monoisotopic (exact) mass is 99.1 g/mol. The van der Waals surface area contributed by atoms with Gasteiger partial charge in [-0.25, -0.2) is 0 Å². The summed E-state index contributed by atoms with van der Waals surface area (Å²) >= 11 is 0. The van der Waals surface area contributed by atoms with Crippen molar-refractivity contribution in [2.75, 3.05) is 0 Å². The molecule has 1 heteroatoms. The van der Waals surface area contributed by atoms with Crippen LogP contribution in [0.2, 0.25) is 0 Å². The minimum Gasteiger partial charge on any atom is -0.513 e. The molecule has 1 radical (unpaired) electrons. The minimum absolute atomic E-state index is 0.391. The summed E-state index contributed by atoms with van der Waals surface area (Å²) in [5.74, 6) is 0.391. The molecular formula is C6H11O. The number of hydrogen-bond acceptors (Lipinski definition) is 1. The molecule has 0 heterocycles. The predicted octanol–water partition coefficient (Wildman–Crippen LogP) is 2.06. The summed E-state index contributed by atoms with van der Waals surface area (Å²) < 4.78 is 0. The van der Waals surface area contributed by atoms with Gasteiger partial charge in [-0.3, -0.25) is 0 Å². The maximum absolute atomic E-state index is 8.66. The first-order valence-corrected chi connectivity index (χ1v) is 2.48. The van der Waals surface area contributed by atoms with Gasteiger partial charge >= 0.3 is 0 Å². The Hall–Kier alpha value is -0.460. The number of rotatable bonds is 2. The smallest absolute Gasteiger partial charge is 0.0882 e. The van der Waals surface area contributed by atoms with Gasteiger partial charge in [0, 0.05) is 6.42 Å². The van der Waals surface area contributed by atoms with E-state index in [0.29, 0.717) is 12.2 Å². The van der Waals surface area contributed by atoms with Gasteiger partial charge in [0.1, 0.15) is 0 Å². The molecule has 0 aromatic heterocycles. The lowest BCUT2D eigenvalue weighted by molar-refractivity contribution is 0.398. The maximum atomic E-state index is 8.66. The quantitative estimate of drug-likeness (QED) is 0.525. The van der Waals surface area contributed by atoms with Crippen molar-refractivity contribution in [3.8, 4) is 0 Å².